The molecule has 1 fully saturated rings. The van der Waals surface area contributed by atoms with Crippen LogP contribution in [0.3, 0.4) is 0 Å². The second kappa shape index (κ2) is 10.5. The highest BCUT2D eigenvalue weighted by molar-refractivity contribution is 6.30. The highest BCUT2D eigenvalue weighted by Crippen LogP contribution is 2.39. The number of aromatic amines is 1. The summed E-state index contributed by atoms with van der Waals surface area (Å²) in [5.41, 5.74) is 3.68. The third-order valence-electron chi connectivity index (χ3n) is 7.38. The molecule has 2 N–H and O–H groups in total. The molecular formula is C28H26ClF2N7. The van der Waals surface area contributed by atoms with Crippen LogP contribution in [0.4, 0.5) is 14.5 Å². The van der Waals surface area contributed by atoms with Gasteiger partial charge in [0, 0.05) is 40.5 Å². The normalized spacial score (nSPS) is 15.1. The van der Waals surface area contributed by atoms with E-state index in [0.717, 1.165) is 42.5 Å². The van der Waals surface area contributed by atoms with Gasteiger partial charge >= 0.3 is 0 Å². The summed E-state index contributed by atoms with van der Waals surface area (Å²) in [6, 6.07) is 17.7. The van der Waals surface area contributed by atoms with Crippen LogP contribution in [0.25, 0.3) is 33.8 Å². The molecule has 6 rings (SSSR count). The first-order valence-corrected chi connectivity index (χ1v) is 13.2. The number of nitrogens with one attached hydrogen (secondary N) is 2. The van der Waals surface area contributed by atoms with Gasteiger partial charge in [0.05, 0.1) is 17.1 Å². The standard InChI is InChI=1S/C28H26ClF2N7/c29-20-10-6-19(7-11-20)28-33-24-14-22(30)23(31)15-25(24)38(28)26(17-4-2-1-3-5-17)16-32-21-12-8-18(9-13-21)27-34-36-37-35-27/h6-15,17,26,32H,1-5,16H2,(H,34,35,36,37). The van der Waals surface area contributed by atoms with Crippen LogP contribution >= 0.6 is 11.6 Å². The fourth-order valence-electron chi connectivity index (χ4n) is 5.47. The second-order valence-electron chi connectivity index (χ2n) is 9.74. The van der Waals surface area contributed by atoms with Crippen molar-refractivity contribution >= 4 is 28.3 Å². The van der Waals surface area contributed by atoms with Crippen LogP contribution in [0, 0.1) is 17.6 Å². The number of rotatable bonds is 7. The van der Waals surface area contributed by atoms with E-state index in [1.165, 1.54) is 18.6 Å². The average molecular weight is 534 g/mol. The van der Waals surface area contributed by atoms with E-state index in [4.69, 9.17) is 16.6 Å². The molecule has 2 aromatic heterocycles. The Morgan fingerprint density at radius 3 is 2.37 bits per heavy atom. The van der Waals surface area contributed by atoms with Crippen LogP contribution in [0.15, 0.2) is 60.7 Å². The van der Waals surface area contributed by atoms with Gasteiger partial charge in [-0.15, -0.1) is 5.10 Å². The van der Waals surface area contributed by atoms with Crippen LogP contribution in [-0.2, 0) is 0 Å². The lowest BCUT2D eigenvalue weighted by molar-refractivity contribution is 0.262. The van der Waals surface area contributed by atoms with Crippen molar-refractivity contribution in [2.45, 2.75) is 38.1 Å². The Hall–Kier alpha value is -3.85. The number of benzene rings is 3. The molecule has 0 amide bonds. The lowest BCUT2D eigenvalue weighted by atomic mass is 9.83. The SMILES string of the molecule is Fc1cc2nc(-c3ccc(Cl)cc3)n(C(CNc3ccc(-c4nnn[nH]4)cc3)C3CCCCC3)c2cc1F. The Balaban J connectivity index is 1.40. The Kier molecular flexibility index (Phi) is 6.76. The van der Waals surface area contributed by atoms with E-state index in [2.05, 4.69) is 30.5 Å². The van der Waals surface area contributed by atoms with E-state index in [-0.39, 0.29) is 6.04 Å². The summed E-state index contributed by atoms with van der Waals surface area (Å²) >= 11 is 6.16. The molecule has 38 heavy (non-hydrogen) atoms. The van der Waals surface area contributed by atoms with E-state index in [1.54, 1.807) is 12.1 Å². The van der Waals surface area contributed by atoms with Crippen LogP contribution in [0.2, 0.25) is 5.02 Å². The maximum atomic E-state index is 14.5. The number of tetrazole rings is 1. The molecule has 0 bridgehead atoms. The first kappa shape index (κ1) is 24.5. The number of halogens is 3. The Labute approximate surface area is 223 Å². The minimum atomic E-state index is -0.904. The zero-order valence-electron chi connectivity index (χ0n) is 20.5. The van der Waals surface area contributed by atoms with Crippen LogP contribution in [-0.4, -0.2) is 36.7 Å². The van der Waals surface area contributed by atoms with Gasteiger partial charge in [-0.1, -0.05) is 30.9 Å². The van der Waals surface area contributed by atoms with E-state index in [1.807, 2.05) is 36.4 Å². The topological polar surface area (TPSA) is 84.3 Å². The van der Waals surface area contributed by atoms with Gasteiger partial charge in [-0.25, -0.2) is 18.9 Å². The van der Waals surface area contributed by atoms with Gasteiger partial charge in [0.15, 0.2) is 17.5 Å². The zero-order chi connectivity index (χ0) is 26.1. The van der Waals surface area contributed by atoms with Gasteiger partial charge in [0.2, 0.25) is 0 Å². The number of nitrogens with zero attached hydrogens (tertiary/aromatic N) is 5. The predicted molar refractivity (Wildman–Crippen MR) is 144 cm³/mol. The van der Waals surface area contributed by atoms with Crippen molar-refractivity contribution in [2.75, 3.05) is 11.9 Å². The largest absolute Gasteiger partial charge is 0.383 e. The average Bonchev–Trinajstić information content (AvgIpc) is 3.60. The highest BCUT2D eigenvalue weighted by Gasteiger charge is 2.29. The fourth-order valence-corrected chi connectivity index (χ4v) is 5.59. The first-order chi connectivity index (χ1) is 18.6. The van der Waals surface area contributed by atoms with Crippen molar-refractivity contribution < 1.29 is 8.78 Å². The van der Waals surface area contributed by atoms with Crippen molar-refractivity contribution in [3.05, 3.63) is 77.3 Å². The zero-order valence-corrected chi connectivity index (χ0v) is 21.3. The lowest BCUT2D eigenvalue weighted by Crippen LogP contribution is -2.28. The maximum Gasteiger partial charge on any atom is 0.179 e. The summed E-state index contributed by atoms with van der Waals surface area (Å²) in [5, 5.41) is 18.2. The van der Waals surface area contributed by atoms with Gasteiger partial charge < -0.3 is 9.88 Å². The van der Waals surface area contributed by atoms with Gasteiger partial charge in [0.25, 0.3) is 0 Å². The molecule has 1 atom stereocenters. The van der Waals surface area contributed by atoms with Gasteiger partial charge in [0.1, 0.15) is 5.82 Å². The van der Waals surface area contributed by atoms with Crippen LogP contribution < -0.4 is 5.32 Å². The van der Waals surface area contributed by atoms with E-state index >= 15 is 0 Å². The second-order valence-corrected chi connectivity index (χ2v) is 10.2. The summed E-state index contributed by atoms with van der Waals surface area (Å²) in [7, 11) is 0. The van der Waals surface area contributed by atoms with Crippen molar-refractivity contribution in [3.8, 4) is 22.8 Å². The van der Waals surface area contributed by atoms with Crippen molar-refractivity contribution in [1.82, 2.24) is 30.2 Å². The summed E-state index contributed by atoms with van der Waals surface area (Å²) in [5.74, 6) is -0.156. The summed E-state index contributed by atoms with van der Waals surface area (Å²) in [4.78, 5) is 4.79. The molecule has 7 nitrogen and oxygen atoms in total. The molecule has 2 heterocycles. The molecule has 0 saturated heterocycles. The molecule has 1 saturated carbocycles. The molecular weight excluding hydrogens is 508 g/mol. The third kappa shape index (κ3) is 4.86. The summed E-state index contributed by atoms with van der Waals surface area (Å²) < 4.78 is 30.9. The van der Waals surface area contributed by atoms with Crippen LogP contribution in [0.5, 0.6) is 0 Å². The number of hydrogen-bond donors (Lipinski definition) is 2. The number of anilines is 1. The molecule has 1 aliphatic carbocycles. The number of fused-ring (bicyclic) bond motifs is 1. The highest BCUT2D eigenvalue weighted by atomic mass is 35.5. The molecule has 194 valence electrons. The monoisotopic (exact) mass is 533 g/mol. The summed E-state index contributed by atoms with van der Waals surface area (Å²) in [6.07, 6.45) is 5.63. The van der Waals surface area contributed by atoms with Crippen molar-refractivity contribution in [2.24, 2.45) is 5.92 Å². The minimum Gasteiger partial charge on any atom is -0.383 e. The quantitative estimate of drug-likeness (QED) is 0.234. The third-order valence-corrected chi connectivity index (χ3v) is 7.63. The Morgan fingerprint density at radius 2 is 1.66 bits per heavy atom. The molecule has 0 radical (unpaired) electrons. The molecule has 1 aliphatic rings. The smallest absolute Gasteiger partial charge is 0.179 e. The summed E-state index contributed by atoms with van der Waals surface area (Å²) in [6.45, 7) is 0.596. The van der Waals surface area contributed by atoms with Gasteiger partial charge in [-0.2, -0.15) is 0 Å². The minimum absolute atomic E-state index is 0.0333. The van der Waals surface area contributed by atoms with Crippen molar-refractivity contribution in [3.63, 3.8) is 0 Å². The molecule has 0 spiro atoms. The van der Waals surface area contributed by atoms with E-state index < -0.39 is 11.6 Å². The number of hydrogen-bond acceptors (Lipinski definition) is 5. The van der Waals surface area contributed by atoms with Gasteiger partial charge in [-0.3, -0.25) is 0 Å². The Morgan fingerprint density at radius 1 is 0.947 bits per heavy atom. The molecule has 1 unspecified atom stereocenters. The molecule has 0 aliphatic heterocycles. The van der Waals surface area contributed by atoms with Crippen LogP contribution in [0.1, 0.15) is 38.1 Å². The van der Waals surface area contributed by atoms with E-state index in [9.17, 15) is 8.78 Å². The van der Waals surface area contributed by atoms with E-state index in [0.29, 0.717) is 40.2 Å². The lowest BCUT2D eigenvalue weighted by Gasteiger charge is -2.33. The van der Waals surface area contributed by atoms with Crippen molar-refractivity contribution in [1.29, 1.82) is 0 Å². The fraction of sp³-hybridized carbons (Fsp3) is 0.286. The molecule has 3 aromatic carbocycles. The molecule has 5 aromatic rings. The number of H-pyrrole nitrogens is 1. The Bertz CT molecular complexity index is 1530. The molecule has 10 heteroatoms. The maximum absolute atomic E-state index is 14.5. The number of imidazole rings is 1. The van der Waals surface area contributed by atoms with Gasteiger partial charge in [-0.05, 0) is 77.7 Å². The first-order valence-electron chi connectivity index (χ1n) is 12.8. The number of aromatic nitrogens is 6. The predicted octanol–water partition coefficient (Wildman–Crippen LogP) is 7.05.